The second-order valence-electron chi connectivity index (χ2n) is 5.57. The Bertz CT molecular complexity index is 829. The molecule has 2 aromatic carbocycles. The van der Waals surface area contributed by atoms with Crippen molar-refractivity contribution in [3.63, 3.8) is 0 Å². The molecule has 0 spiro atoms. The van der Waals surface area contributed by atoms with Gasteiger partial charge in [0.1, 0.15) is 5.70 Å². The summed E-state index contributed by atoms with van der Waals surface area (Å²) in [7, 11) is 0. The van der Waals surface area contributed by atoms with E-state index in [0.29, 0.717) is 5.56 Å². The number of halogens is 1. The highest BCUT2D eigenvalue weighted by Gasteiger charge is 2.22. The highest BCUT2D eigenvalue weighted by atomic mass is 79.9. The van der Waals surface area contributed by atoms with E-state index >= 15 is 0 Å². The SMILES string of the molecule is CC(=O)N/C(=C\c1ccccc1)C(=O)O[C@H](C)C(=O)c1ccc(Br)cc1. The fourth-order valence-electron chi connectivity index (χ4n) is 2.18. The summed E-state index contributed by atoms with van der Waals surface area (Å²) in [5.41, 5.74) is 1.13. The molecule has 1 atom stereocenters. The number of hydrogen-bond donors (Lipinski definition) is 1. The average Bonchev–Trinajstić information content (AvgIpc) is 2.61. The Hall–Kier alpha value is -2.73. The predicted octanol–water partition coefficient (Wildman–Crippen LogP) is 3.74. The molecule has 2 rings (SSSR count). The van der Waals surface area contributed by atoms with Gasteiger partial charge in [-0.05, 0) is 30.7 Å². The minimum atomic E-state index is -0.989. The van der Waals surface area contributed by atoms with Crippen molar-refractivity contribution in [1.82, 2.24) is 5.32 Å². The molecule has 0 unspecified atom stereocenters. The number of nitrogens with one attached hydrogen (secondary N) is 1. The number of Topliss-reactive ketones (excluding diaryl/α,β-unsaturated/α-hetero) is 1. The molecule has 0 saturated heterocycles. The number of hydrogen-bond acceptors (Lipinski definition) is 4. The Kier molecular flexibility index (Phi) is 6.86. The molecular weight excluding hydrogens is 398 g/mol. The first kappa shape index (κ1) is 19.6. The molecule has 0 heterocycles. The zero-order valence-corrected chi connectivity index (χ0v) is 15.9. The van der Waals surface area contributed by atoms with Gasteiger partial charge >= 0.3 is 5.97 Å². The zero-order chi connectivity index (χ0) is 19.1. The van der Waals surface area contributed by atoms with Gasteiger partial charge in [-0.3, -0.25) is 9.59 Å². The fraction of sp³-hybridized carbons (Fsp3) is 0.150. The van der Waals surface area contributed by atoms with Crippen LogP contribution < -0.4 is 5.32 Å². The molecule has 1 amide bonds. The number of benzene rings is 2. The van der Waals surface area contributed by atoms with Crippen LogP contribution in [-0.2, 0) is 14.3 Å². The summed E-state index contributed by atoms with van der Waals surface area (Å²) in [5, 5.41) is 2.45. The third-order valence-corrected chi connectivity index (χ3v) is 3.95. The summed E-state index contributed by atoms with van der Waals surface area (Å²) < 4.78 is 6.09. The lowest BCUT2D eigenvalue weighted by molar-refractivity contribution is -0.142. The highest BCUT2D eigenvalue weighted by Crippen LogP contribution is 2.14. The highest BCUT2D eigenvalue weighted by molar-refractivity contribution is 9.10. The summed E-state index contributed by atoms with van der Waals surface area (Å²) in [6.45, 7) is 2.79. The predicted molar refractivity (Wildman–Crippen MR) is 102 cm³/mol. The van der Waals surface area contributed by atoms with Crippen molar-refractivity contribution in [2.75, 3.05) is 0 Å². The molecule has 5 nitrogen and oxygen atoms in total. The van der Waals surface area contributed by atoms with Crippen molar-refractivity contribution in [3.8, 4) is 0 Å². The summed E-state index contributed by atoms with van der Waals surface area (Å²) in [6.07, 6.45) is 0.511. The smallest absolute Gasteiger partial charge is 0.355 e. The van der Waals surface area contributed by atoms with Gasteiger partial charge in [-0.1, -0.05) is 58.4 Å². The number of amides is 1. The standard InChI is InChI=1S/C20H18BrNO4/c1-13(19(24)16-8-10-17(21)11-9-16)26-20(25)18(22-14(2)23)12-15-6-4-3-5-7-15/h3-13H,1-2H3,(H,22,23)/b18-12-/t13-/m1/s1. The van der Waals surface area contributed by atoms with E-state index in [-0.39, 0.29) is 11.5 Å². The Morgan fingerprint density at radius 2 is 1.65 bits per heavy atom. The molecule has 6 heteroatoms. The average molecular weight is 416 g/mol. The van der Waals surface area contributed by atoms with Gasteiger partial charge < -0.3 is 10.1 Å². The van der Waals surface area contributed by atoms with Crippen LogP contribution in [-0.4, -0.2) is 23.8 Å². The molecule has 0 aliphatic rings. The topological polar surface area (TPSA) is 72.5 Å². The van der Waals surface area contributed by atoms with Crippen LogP contribution in [0.1, 0.15) is 29.8 Å². The minimum Gasteiger partial charge on any atom is -0.450 e. The van der Waals surface area contributed by atoms with Crippen molar-refractivity contribution in [1.29, 1.82) is 0 Å². The van der Waals surface area contributed by atoms with Gasteiger partial charge in [-0.25, -0.2) is 4.79 Å². The molecule has 26 heavy (non-hydrogen) atoms. The number of ether oxygens (including phenoxy) is 1. The second kappa shape index (κ2) is 9.10. The van der Waals surface area contributed by atoms with Crippen molar-refractivity contribution in [3.05, 3.63) is 75.9 Å². The lowest BCUT2D eigenvalue weighted by Crippen LogP contribution is -2.31. The molecule has 0 aromatic heterocycles. The summed E-state index contributed by atoms with van der Waals surface area (Å²) in [5.74, 6) is -1.51. The largest absolute Gasteiger partial charge is 0.450 e. The maximum Gasteiger partial charge on any atom is 0.355 e. The first-order valence-corrected chi connectivity index (χ1v) is 8.71. The molecular formula is C20H18BrNO4. The number of esters is 1. The Balaban J connectivity index is 2.15. The number of ketones is 1. The van der Waals surface area contributed by atoms with Gasteiger partial charge in [0.2, 0.25) is 11.7 Å². The molecule has 0 fully saturated rings. The van der Waals surface area contributed by atoms with Crippen LogP contribution in [0.25, 0.3) is 6.08 Å². The molecule has 1 N–H and O–H groups in total. The minimum absolute atomic E-state index is 0.0286. The summed E-state index contributed by atoms with van der Waals surface area (Å²) >= 11 is 3.30. The van der Waals surface area contributed by atoms with Gasteiger partial charge in [-0.15, -0.1) is 0 Å². The van der Waals surface area contributed by atoms with Gasteiger partial charge in [-0.2, -0.15) is 0 Å². The van der Waals surface area contributed by atoms with Crippen LogP contribution >= 0.6 is 15.9 Å². The van der Waals surface area contributed by atoms with Crippen LogP contribution in [0.15, 0.2) is 64.8 Å². The number of carbonyl (C=O) groups excluding carboxylic acids is 3. The van der Waals surface area contributed by atoms with Gasteiger partial charge in [0, 0.05) is 17.0 Å². The van der Waals surface area contributed by atoms with E-state index in [9.17, 15) is 14.4 Å². The molecule has 0 bridgehead atoms. The second-order valence-corrected chi connectivity index (χ2v) is 6.48. The first-order valence-electron chi connectivity index (χ1n) is 7.92. The van der Waals surface area contributed by atoms with E-state index in [4.69, 9.17) is 4.74 Å². The monoisotopic (exact) mass is 415 g/mol. The van der Waals surface area contributed by atoms with Crippen LogP contribution in [0, 0.1) is 0 Å². The van der Waals surface area contributed by atoms with Crippen LogP contribution in [0.3, 0.4) is 0 Å². The Morgan fingerprint density at radius 1 is 1.04 bits per heavy atom. The molecule has 0 aliphatic carbocycles. The normalized spacial score (nSPS) is 12.2. The Morgan fingerprint density at radius 3 is 2.23 bits per heavy atom. The van der Waals surface area contributed by atoms with E-state index in [0.717, 1.165) is 10.0 Å². The molecule has 0 radical (unpaired) electrons. The first-order chi connectivity index (χ1) is 12.4. The van der Waals surface area contributed by atoms with Crippen molar-refractivity contribution >= 4 is 39.7 Å². The van der Waals surface area contributed by atoms with Crippen LogP contribution in [0.4, 0.5) is 0 Å². The quantitative estimate of drug-likeness (QED) is 0.443. The third kappa shape index (κ3) is 5.67. The Labute approximate surface area is 160 Å². The fourth-order valence-corrected chi connectivity index (χ4v) is 2.44. The molecule has 134 valence electrons. The van der Waals surface area contributed by atoms with Gasteiger partial charge in [0.05, 0.1) is 0 Å². The van der Waals surface area contributed by atoms with Crippen molar-refractivity contribution in [2.24, 2.45) is 0 Å². The maximum absolute atomic E-state index is 12.4. The third-order valence-electron chi connectivity index (χ3n) is 3.42. The molecule has 0 saturated carbocycles. The van der Waals surface area contributed by atoms with Gasteiger partial charge in [0.25, 0.3) is 0 Å². The van der Waals surface area contributed by atoms with Crippen molar-refractivity contribution in [2.45, 2.75) is 20.0 Å². The molecule has 0 aliphatic heterocycles. The van der Waals surface area contributed by atoms with E-state index in [1.165, 1.54) is 19.9 Å². The number of rotatable bonds is 6. The van der Waals surface area contributed by atoms with Gasteiger partial charge in [0.15, 0.2) is 6.10 Å². The van der Waals surface area contributed by atoms with E-state index in [1.807, 2.05) is 18.2 Å². The number of carbonyl (C=O) groups is 3. The lowest BCUT2D eigenvalue weighted by atomic mass is 10.1. The summed E-state index contributed by atoms with van der Waals surface area (Å²) in [4.78, 5) is 36.2. The summed E-state index contributed by atoms with van der Waals surface area (Å²) in [6, 6.07) is 15.8. The van der Waals surface area contributed by atoms with Crippen molar-refractivity contribution < 1.29 is 19.1 Å². The lowest BCUT2D eigenvalue weighted by Gasteiger charge is -2.14. The molecule has 2 aromatic rings. The van der Waals surface area contributed by atoms with Crippen LogP contribution in [0.2, 0.25) is 0 Å². The van der Waals surface area contributed by atoms with E-state index in [2.05, 4.69) is 21.2 Å². The van der Waals surface area contributed by atoms with E-state index in [1.54, 1.807) is 36.4 Å². The van der Waals surface area contributed by atoms with E-state index < -0.39 is 18.0 Å². The van der Waals surface area contributed by atoms with Crippen LogP contribution in [0.5, 0.6) is 0 Å². The zero-order valence-electron chi connectivity index (χ0n) is 14.4. The maximum atomic E-state index is 12.4.